The molecule has 1 N–H and O–H groups in total. The number of nitrogens with zero attached hydrogens (tertiary/aromatic N) is 1. The Morgan fingerprint density at radius 3 is 2.18 bits per heavy atom. The average Bonchev–Trinajstić information content (AvgIpc) is 3.40. The SMILES string of the molecule is CC(C)Oc1ccc(/C(O)=C2/C(=O)C(=O)N(c3ccc(C(C)C)cc3)C2c2cccs2)cc1. The van der Waals surface area contributed by atoms with Crippen LogP contribution in [0.4, 0.5) is 5.69 Å². The molecule has 1 fully saturated rings. The molecule has 3 aromatic rings. The van der Waals surface area contributed by atoms with Crippen molar-refractivity contribution in [3.63, 3.8) is 0 Å². The highest BCUT2D eigenvalue weighted by molar-refractivity contribution is 7.10. The van der Waals surface area contributed by atoms with Crippen LogP contribution in [-0.4, -0.2) is 22.9 Å². The molecular formula is C27H27NO4S. The molecular weight excluding hydrogens is 434 g/mol. The van der Waals surface area contributed by atoms with Crippen molar-refractivity contribution in [3.8, 4) is 5.75 Å². The van der Waals surface area contributed by atoms with Gasteiger partial charge in [-0.15, -0.1) is 11.3 Å². The number of benzene rings is 2. The number of ether oxygens (including phenoxy) is 1. The lowest BCUT2D eigenvalue weighted by molar-refractivity contribution is -0.132. The van der Waals surface area contributed by atoms with Crippen LogP contribution in [0.25, 0.3) is 5.76 Å². The van der Waals surface area contributed by atoms with E-state index in [-0.39, 0.29) is 17.4 Å². The zero-order chi connectivity index (χ0) is 23.7. The zero-order valence-electron chi connectivity index (χ0n) is 19.1. The van der Waals surface area contributed by atoms with Gasteiger partial charge in [0.1, 0.15) is 17.6 Å². The molecule has 1 aliphatic rings. The molecule has 33 heavy (non-hydrogen) atoms. The van der Waals surface area contributed by atoms with E-state index in [1.54, 1.807) is 24.3 Å². The molecule has 1 aromatic heterocycles. The minimum Gasteiger partial charge on any atom is -0.507 e. The number of Topliss-reactive ketones (excluding diaryl/α,β-unsaturated/α-hetero) is 1. The molecule has 1 aliphatic heterocycles. The van der Waals surface area contributed by atoms with E-state index >= 15 is 0 Å². The highest BCUT2D eigenvalue weighted by Gasteiger charge is 2.47. The molecule has 2 aromatic carbocycles. The minimum atomic E-state index is -0.693. The molecule has 0 saturated carbocycles. The highest BCUT2D eigenvalue weighted by atomic mass is 32.1. The number of amides is 1. The second-order valence-corrected chi connectivity index (χ2v) is 9.60. The highest BCUT2D eigenvalue weighted by Crippen LogP contribution is 2.43. The first-order valence-electron chi connectivity index (χ1n) is 11.0. The Morgan fingerprint density at radius 2 is 1.64 bits per heavy atom. The molecule has 1 atom stereocenters. The number of hydrogen-bond donors (Lipinski definition) is 1. The van der Waals surface area contributed by atoms with Gasteiger partial charge in [0, 0.05) is 16.1 Å². The van der Waals surface area contributed by atoms with Gasteiger partial charge in [-0.1, -0.05) is 32.0 Å². The van der Waals surface area contributed by atoms with E-state index in [1.165, 1.54) is 16.2 Å². The topological polar surface area (TPSA) is 66.8 Å². The maximum atomic E-state index is 13.2. The number of ketones is 1. The van der Waals surface area contributed by atoms with E-state index in [2.05, 4.69) is 13.8 Å². The molecule has 0 aliphatic carbocycles. The molecule has 0 radical (unpaired) electrons. The predicted octanol–water partition coefficient (Wildman–Crippen LogP) is 6.29. The van der Waals surface area contributed by atoms with Crippen molar-refractivity contribution in [3.05, 3.63) is 87.6 Å². The normalized spacial score (nSPS) is 17.9. The van der Waals surface area contributed by atoms with Crippen LogP contribution >= 0.6 is 11.3 Å². The molecule has 0 spiro atoms. The molecule has 1 unspecified atom stereocenters. The van der Waals surface area contributed by atoms with Crippen LogP contribution in [-0.2, 0) is 9.59 Å². The lowest BCUT2D eigenvalue weighted by Crippen LogP contribution is -2.29. The second kappa shape index (κ2) is 9.24. The largest absolute Gasteiger partial charge is 0.507 e. The van der Waals surface area contributed by atoms with Gasteiger partial charge in [-0.05, 0) is 73.2 Å². The summed E-state index contributed by atoms with van der Waals surface area (Å²) in [6.07, 6.45) is 0.0238. The molecule has 4 rings (SSSR count). The average molecular weight is 462 g/mol. The van der Waals surface area contributed by atoms with Crippen LogP contribution in [0.2, 0.25) is 0 Å². The third kappa shape index (κ3) is 4.44. The Labute approximate surface area is 197 Å². The van der Waals surface area contributed by atoms with Crippen molar-refractivity contribution < 1.29 is 19.4 Å². The summed E-state index contributed by atoms with van der Waals surface area (Å²) < 4.78 is 5.67. The van der Waals surface area contributed by atoms with Gasteiger partial charge in [0.05, 0.1) is 11.7 Å². The molecule has 1 amide bonds. The predicted molar refractivity (Wildman–Crippen MR) is 132 cm³/mol. The van der Waals surface area contributed by atoms with Gasteiger partial charge >= 0.3 is 0 Å². The number of rotatable bonds is 6. The van der Waals surface area contributed by atoms with Crippen molar-refractivity contribution >= 4 is 34.5 Å². The van der Waals surface area contributed by atoms with Crippen LogP contribution in [0.1, 0.15) is 55.7 Å². The summed E-state index contributed by atoms with van der Waals surface area (Å²) in [6, 6.07) is 17.6. The first kappa shape index (κ1) is 22.8. The van der Waals surface area contributed by atoms with Crippen LogP contribution in [0.5, 0.6) is 5.75 Å². The van der Waals surface area contributed by atoms with Gasteiger partial charge in [-0.2, -0.15) is 0 Å². The number of aliphatic hydroxyl groups excluding tert-OH is 1. The fraction of sp³-hybridized carbons (Fsp3) is 0.259. The summed E-state index contributed by atoms with van der Waals surface area (Å²) >= 11 is 1.44. The Bertz CT molecular complexity index is 1180. The second-order valence-electron chi connectivity index (χ2n) is 8.62. The van der Waals surface area contributed by atoms with Gasteiger partial charge < -0.3 is 9.84 Å². The van der Waals surface area contributed by atoms with Crippen molar-refractivity contribution in [1.82, 2.24) is 0 Å². The number of carbonyl (C=O) groups is 2. The fourth-order valence-electron chi connectivity index (χ4n) is 3.95. The summed E-state index contributed by atoms with van der Waals surface area (Å²) in [6.45, 7) is 8.07. The number of aliphatic hydroxyl groups is 1. The van der Waals surface area contributed by atoms with E-state index in [0.717, 1.165) is 10.4 Å². The zero-order valence-corrected chi connectivity index (χ0v) is 19.9. The quantitative estimate of drug-likeness (QED) is 0.266. The van der Waals surface area contributed by atoms with Crippen LogP contribution in [0, 0.1) is 0 Å². The van der Waals surface area contributed by atoms with Crippen LogP contribution in [0.15, 0.2) is 71.6 Å². The molecule has 170 valence electrons. The third-order valence-electron chi connectivity index (χ3n) is 5.59. The summed E-state index contributed by atoms with van der Waals surface area (Å²) in [5.41, 5.74) is 2.32. The van der Waals surface area contributed by atoms with Crippen molar-refractivity contribution in [1.29, 1.82) is 0 Å². The van der Waals surface area contributed by atoms with E-state index in [0.29, 0.717) is 22.9 Å². The number of thiophene rings is 1. The van der Waals surface area contributed by atoms with E-state index in [4.69, 9.17) is 4.74 Å². The first-order chi connectivity index (χ1) is 15.8. The van der Waals surface area contributed by atoms with E-state index in [1.807, 2.05) is 55.6 Å². The Hall–Kier alpha value is -3.38. The van der Waals surface area contributed by atoms with Gasteiger partial charge in [0.15, 0.2) is 0 Å². The maximum Gasteiger partial charge on any atom is 0.300 e. The maximum absolute atomic E-state index is 13.2. The Kier molecular flexibility index (Phi) is 6.38. The monoisotopic (exact) mass is 461 g/mol. The van der Waals surface area contributed by atoms with Crippen LogP contribution in [0.3, 0.4) is 0 Å². The summed E-state index contributed by atoms with van der Waals surface area (Å²) in [5.74, 6) is -0.509. The lowest BCUT2D eigenvalue weighted by Gasteiger charge is -2.24. The molecule has 6 heteroatoms. The number of anilines is 1. The lowest BCUT2D eigenvalue weighted by atomic mass is 9.99. The first-order valence-corrected chi connectivity index (χ1v) is 11.9. The molecule has 0 bridgehead atoms. The van der Waals surface area contributed by atoms with Gasteiger partial charge in [-0.25, -0.2) is 0 Å². The van der Waals surface area contributed by atoms with Gasteiger partial charge in [0.2, 0.25) is 0 Å². The number of carbonyl (C=O) groups excluding carboxylic acids is 2. The molecule has 5 nitrogen and oxygen atoms in total. The van der Waals surface area contributed by atoms with Crippen LogP contribution < -0.4 is 9.64 Å². The van der Waals surface area contributed by atoms with E-state index in [9.17, 15) is 14.7 Å². The van der Waals surface area contributed by atoms with Crippen molar-refractivity contribution in [2.24, 2.45) is 0 Å². The third-order valence-corrected chi connectivity index (χ3v) is 6.52. The number of hydrogen-bond acceptors (Lipinski definition) is 5. The summed E-state index contributed by atoms with van der Waals surface area (Å²) in [5, 5.41) is 13.1. The Balaban J connectivity index is 1.80. The van der Waals surface area contributed by atoms with Gasteiger partial charge in [-0.3, -0.25) is 14.5 Å². The summed E-state index contributed by atoms with van der Waals surface area (Å²) in [7, 11) is 0. The summed E-state index contributed by atoms with van der Waals surface area (Å²) in [4.78, 5) is 28.6. The van der Waals surface area contributed by atoms with E-state index < -0.39 is 17.7 Å². The van der Waals surface area contributed by atoms with Crippen molar-refractivity contribution in [2.45, 2.75) is 45.8 Å². The standard InChI is InChI=1S/C27H27NO4S/c1-16(2)18-7-11-20(12-8-18)28-24(22-6-5-15-33-22)23(26(30)27(28)31)25(29)19-9-13-21(14-10-19)32-17(3)4/h5-17,24,29H,1-4H3/b25-23-. The molecule has 2 heterocycles. The Morgan fingerprint density at radius 1 is 0.970 bits per heavy atom. The molecule has 1 saturated heterocycles. The minimum absolute atomic E-state index is 0.0238. The smallest absolute Gasteiger partial charge is 0.300 e. The van der Waals surface area contributed by atoms with Crippen molar-refractivity contribution in [2.75, 3.05) is 4.90 Å². The van der Waals surface area contributed by atoms with Gasteiger partial charge in [0.25, 0.3) is 11.7 Å². The fourth-order valence-corrected chi connectivity index (χ4v) is 4.78.